The third kappa shape index (κ3) is 3.36. The van der Waals surface area contributed by atoms with Crippen LogP contribution in [0.15, 0.2) is 12.3 Å². The van der Waals surface area contributed by atoms with E-state index in [0.717, 1.165) is 0 Å². The van der Waals surface area contributed by atoms with Crippen LogP contribution in [-0.2, 0) is 9.59 Å². The highest BCUT2D eigenvalue weighted by atomic mass is 16.4. The topological polar surface area (TPSA) is 92.4 Å². The molecule has 11 heavy (non-hydrogen) atoms. The van der Waals surface area contributed by atoms with Gasteiger partial charge in [0.2, 0.25) is 5.91 Å². The number of aliphatic carboxylic acids is 1. The molecule has 0 spiro atoms. The summed E-state index contributed by atoms with van der Waals surface area (Å²) >= 11 is 0. The van der Waals surface area contributed by atoms with E-state index in [0.29, 0.717) is 0 Å². The zero-order valence-corrected chi connectivity index (χ0v) is 6.13. The Morgan fingerprint density at radius 2 is 2.09 bits per heavy atom. The van der Waals surface area contributed by atoms with Crippen LogP contribution in [-0.4, -0.2) is 23.0 Å². The molecule has 0 aliphatic rings. The molecule has 0 aliphatic carbocycles. The molecular weight excluding hydrogens is 148 g/mol. The first-order valence-electron chi connectivity index (χ1n) is 2.93. The van der Waals surface area contributed by atoms with Gasteiger partial charge in [-0.25, -0.2) is 4.79 Å². The van der Waals surface area contributed by atoms with Gasteiger partial charge in [-0.3, -0.25) is 4.79 Å². The van der Waals surface area contributed by atoms with Gasteiger partial charge >= 0.3 is 5.97 Å². The largest absolute Gasteiger partial charge is 0.477 e. The molecule has 0 fully saturated rings. The van der Waals surface area contributed by atoms with Crippen LogP contribution >= 0.6 is 0 Å². The molecule has 0 heterocycles. The monoisotopic (exact) mass is 158 g/mol. The van der Waals surface area contributed by atoms with Crippen molar-refractivity contribution in [3.8, 4) is 0 Å². The Morgan fingerprint density at radius 1 is 1.64 bits per heavy atom. The van der Waals surface area contributed by atoms with Crippen LogP contribution in [0.3, 0.4) is 0 Å². The smallest absolute Gasteiger partial charge is 0.351 e. The number of hydrogen-bond donors (Lipinski definition) is 3. The molecule has 5 heteroatoms. The summed E-state index contributed by atoms with van der Waals surface area (Å²) in [4.78, 5) is 20.8. The summed E-state index contributed by atoms with van der Waals surface area (Å²) in [6.07, 6.45) is 0. The number of hydrogen-bond acceptors (Lipinski definition) is 3. The maximum Gasteiger partial charge on any atom is 0.351 e. The van der Waals surface area contributed by atoms with Crippen LogP contribution in [0.1, 0.15) is 6.92 Å². The molecule has 4 N–H and O–H groups in total. The van der Waals surface area contributed by atoms with Crippen LogP contribution in [0.4, 0.5) is 0 Å². The third-order valence-corrected chi connectivity index (χ3v) is 0.946. The fourth-order valence-electron chi connectivity index (χ4n) is 0.316. The second-order valence-corrected chi connectivity index (χ2v) is 2.06. The minimum absolute atomic E-state index is 0.368. The molecule has 1 atom stereocenters. The Balaban J connectivity index is 3.96. The Bertz CT molecular complexity index is 198. The van der Waals surface area contributed by atoms with Crippen molar-refractivity contribution in [2.45, 2.75) is 13.0 Å². The van der Waals surface area contributed by atoms with E-state index in [1.807, 2.05) is 5.32 Å². The average Bonchev–Trinajstić information content (AvgIpc) is 1.87. The predicted octanol–water partition coefficient (Wildman–Crippen LogP) is -0.952. The lowest BCUT2D eigenvalue weighted by atomic mass is 10.3. The lowest BCUT2D eigenvalue weighted by molar-refractivity contribution is -0.134. The second kappa shape index (κ2) is 3.72. The molecule has 0 saturated heterocycles. The van der Waals surface area contributed by atoms with Gasteiger partial charge in [-0.05, 0) is 6.92 Å². The molecule has 0 bridgehead atoms. The summed E-state index contributed by atoms with van der Waals surface area (Å²) in [5, 5.41) is 10.3. The van der Waals surface area contributed by atoms with E-state index in [1.165, 1.54) is 6.92 Å². The van der Waals surface area contributed by atoms with Crippen molar-refractivity contribution >= 4 is 11.9 Å². The van der Waals surface area contributed by atoms with E-state index in [9.17, 15) is 9.59 Å². The van der Waals surface area contributed by atoms with Gasteiger partial charge in [0.1, 0.15) is 5.70 Å². The van der Waals surface area contributed by atoms with E-state index in [-0.39, 0.29) is 5.70 Å². The van der Waals surface area contributed by atoms with E-state index >= 15 is 0 Å². The minimum atomic E-state index is -1.26. The number of nitrogens with one attached hydrogen (secondary N) is 1. The third-order valence-electron chi connectivity index (χ3n) is 0.946. The van der Waals surface area contributed by atoms with Crippen LogP contribution in [0, 0.1) is 0 Å². The summed E-state index contributed by atoms with van der Waals surface area (Å²) in [5.74, 6) is -1.82. The Labute approximate surface area is 63.9 Å². The minimum Gasteiger partial charge on any atom is -0.477 e. The maximum atomic E-state index is 10.7. The van der Waals surface area contributed by atoms with Gasteiger partial charge in [0.05, 0.1) is 6.04 Å². The number of nitrogens with two attached hydrogens (primary N) is 1. The fraction of sp³-hybridized carbons (Fsp3) is 0.333. The van der Waals surface area contributed by atoms with Crippen molar-refractivity contribution in [2.75, 3.05) is 0 Å². The summed E-state index contributed by atoms with van der Waals surface area (Å²) in [6, 6.07) is -0.730. The van der Waals surface area contributed by atoms with E-state index < -0.39 is 17.9 Å². The second-order valence-electron chi connectivity index (χ2n) is 2.06. The highest BCUT2D eigenvalue weighted by Gasteiger charge is 2.11. The van der Waals surface area contributed by atoms with Crippen molar-refractivity contribution in [2.24, 2.45) is 5.73 Å². The zero-order valence-electron chi connectivity index (χ0n) is 6.13. The lowest BCUT2D eigenvalue weighted by Crippen LogP contribution is -2.39. The van der Waals surface area contributed by atoms with Gasteiger partial charge in [-0.1, -0.05) is 6.58 Å². The quantitative estimate of drug-likeness (QED) is 0.461. The molecule has 0 unspecified atom stereocenters. The van der Waals surface area contributed by atoms with Crippen molar-refractivity contribution < 1.29 is 14.7 Å². The maximum absolute atomic E-state index is 10.7. The first-order chi connectivity index (χ1) is 4.95. The van der Waals surface area contributed by atoms with Gasteiger partial charge in [-0.2, -0.15) is 0 Å². The van der Waals surface area contributed by atoms with E-state index in [4.69, 9.17) is 10.8 Å². The van der Waals surface area contributed by atoms with Gasteiger partial charge in [-0.15, -0.1) is 0 Å². The molecule has 5 nitrogen and oxygen atoms in total. The number of carboxylic acid groups (broad SMARTS) is 1. The average molecular weight is 158 g/mol. The molecule has 0 aromatic rings. The highest BCUT2D eigenvalue weighted by Crippen LogP contribution is 1.84. The highest BCUT2D eigenvalue weighted by molar-refractivity contribution is 5.93. The molecule has 0 rings (SSSR count). The molecule has 62 valence electrons. The number of amides is 1. The van der Waals surface area contributed by atoms with Gasteiger partial charge in [0.15, 0.2) is 0 Å². The molecule has 1 amide bonds. The van der Waals surface area contributed by atoms with E-state index in [2.05, 4.69) is 6.58 Å². The van der Waals surface area contributed by atoms with Crippen molar-refractivity contribution in [3.05, 3.63) is 12.3 Å². The molecule has 0 radical (unpaired) electrons. The summed E-state index contributed by atoms with van der Waals surface area (Å²) in [5.41, 5.74) is 4.77. The Morgan fingerprint density at radius 3 is 2.36 bits per heavy atom. The Hall–Kier alpha value is -1.36. The van der Waals surface area contributed by atoms with Crippen molar-refractivity contribution in [3.63, 3.8) is 0 Å². The number of rotatable bonds is 3. The molecule has 0 aromatic heterocycles. The zero-order chi connectivity index (χ0) is 9.02. The SMILES string of the molecule is C=C(NC(=O)[C@H](C)N)C(=O)O. The summed E-state index contributed by atoms with van der Waals surface area (Å²) < 4.78 is 0. The molecule has 0 aromatic carbocycles. The lowest BCUT2D eigenvalue weighted by Gasteiger charge is -2.05. The molecule has 0 saturated carbocycles. The fourth-order valence-corrected chi connectivity index (χ4v) is 0.316. The molecular formula is C6H10N2O3. The number of carbonyl (C=O) groups excluding carboxylic acids is 1. The first-order valence-corrected chi connectivity index (χ1v) is 2.93. The van der Waals surface area contributed by atoms with Gasteiger partial charge in [0.25, 0.3) is 0 Å². The van der Waals surface area contributed by atoms with Gasteiger partial charge < -0.3 is 16.2 Å². The van der Waals surface area contributed by atoms with Crippen LogP contribution in [0.25, 0.3) is 0 Å². The van der Waals surface area contributed by atoms with Crippen LogP contribution in [0.2, 0.25) is 0 Å². The van der Waals surface area contributed by atoms with Crippen LogP contribution in [0.5, 0.6) is 0 Å². The normalized spacial score (nSPS) is 11.8. The number of carboxylic acids is 1. The predicted molar refractivity (Wildman–Crippen MR) is 38.6 cm³/mol. The van der Waals surface area contributed by atoms with Gasteiger partial charge in [0, 0.05) is 0 Å². The number of carbonyl (C=O) groups is 2. The Kier molecular flexibility index (Phi) is 3.26. The molecule has 0 aliphatic heterocycles. The van der Waals surface area contributed by atoms with Crippen LogP contribution < -0.4 is 11.1 Å². The van der Waals surface area contributed by atoms with E-state index in [1.54, 1.807) is 0 Å². The summed E-state index contributed by atoms with van der Waals surface area (Å²) in [6.45, 7) is 4.54. The first kappa shape index (κ1) is 9.64. The standard InChI is InChI=1S/C6H10N2O3/c1-3(7)5(9)8-4(2)6(10)11/h3H,2,7H2,1H3,(H,8,9)(H,10,11)/t3-/m0/s1. The van der Waals surface area contributed by atoms with Crippen molar-refractivity contribution in [1.29, 1.82) is 0 Å². The van der Waals surface area contributed by atoms with Crippen molar-refractivity contribution in [1.82, 2.24) is 5.32 Å². The summed E-state index contributed by atoms with van der Waals surface area (Å²) in [7, 11) is 0.